The summed E-state index contributed by atoms with van der Waals surface area (Å²) in [7, 11) is 0. The first kappa shape index (κ1) is 16.7. The first-order valence-electron chi connectivity index (χ1n) is 7.87. The summed E-state index contributed by atoms with van der Waals surface area (Å²) in [6.07, 6.45) is 1.58. The Labute approximate surface area is 145 Å². The second kappa shape index (κ2) is 6.42. The molecule has 1 aromatic carbocycles. The van der Waals surface area contributed by atoms with Crippen molar-refractivity contribution >= 4 is 17.0 Å². The maximum absolute atomic E-state index is 9.79. The molecule has 0 fully saturated rings. The van der Waals surface area contributed by atoms with E-state index in [0.29, 0.717) is 18.4 Å². The molecule has 3 N–H and O–H groups in total. The molecule has 0 unspecified atom stereocenters. The van der Waals surface area contributed by atoms with E-state index in [0.717, 1.165) is 16.6 Å². The molecule has 0 saturated heterocycles. The highest BCUT2D eigenvalue weighted by atomic mass is 16.5. The fraction of sp³-hybridized carbons (Fsp3) is 0.278. The van der Waals surface area contributed by atoms with E-state index >= 15 is 0 Å². The van der Waals surface area contributed by atoms with E-state index in [9.17, 15) is 5.11 Å². The summed E-state index contributed by atoms with van der Waals surface area (Å²) in [5.74, 6) is 6.50. The first-order valence-corrected chi connectivity index (χ1v) is 7.87. The number of imidazole rings is 1. The molecule has 0 saturated carbocycles. The monoisotopic (exact) mass is 337 g/mol. The number of nitrogen functional groups attached to an aromatic ring is 1. The van der Waals surface area contributed by atoms with Gasteiger partial charge in [0.15, 0.2) is 0 Å². The first-order chi connectivity index (χ1) is 11.9. The Morgan fingerprint density at radius 2 is 2.08 bits per heavy atom. The molecule has 0 aliphatic heterocycles. The summed E-state index contributed by atoms with van der Waals surface area (Å²) >= 11 is 0. The third-order valence-corrected chi connectivity index (χ3v) is 3.30. The largest absolute Gasteiger partial charge is 0.465 e. The number of nitrogens with zero attached hydrogens (tertiary/aromatic N) is 4. The van der Waals surface area contributed by atoms with E-state index in [1.54, 1.807) is 30.7 Å². The Morgan fingerprint density at radius 3 is 2.76 bits per heavy atom. The van der Waals surface area contributed by atoms with Crippen LogP contribution in [0.2, 0.25) is 0 Å². The Balaban J connectivity index is 2.20. The molecule has 0 atom stereocenters. The molecule has 7 nitrogen and oxygen atoms in total. The summed E-state index contributed by atoms with van der Waals surface area (Å²) in [4.78, 5) is 12.7. The Morgan fingerprint density at radius 1 is 1.28 bits per heavy atom. The highest BCUT2D eigenvalue weighted by Crippen LogP contribution is 2.26. The number of ether oxygens (including phenoxy) is 1. The molecule has 0 spiro atoms. The zero-order valence-corrected chi connectivity index (χ0v) is 14.3. The Kier molecular flexibility index (Phi) is 4.30. The summed E-state index contributed by atoms with van der Waals surface area (Å²) in [6.45, 7) is 5.63. The van der Waals surface area contributed by atoms with Crippen LogP contribution in [0.4, 0.5) is 5.95 Å². The molecule has 3 aromatic rings. The normalized spacial score (nSPS) is 11.2. The Bertz CT molecular complexity index is 977. The zero-order chi connectivity index (χ0) is 18.0. The minimum Gasteiger partial charge on any atom is -0.465 e. The lowest BCUT2D eigenvalue weighted by Gasteiger charge is -2.08. The van der Waals surface area contributed by atoms with Crippen molar-refractivity contribution in [3.05, 3.63) is 36.0 Å². The van der Waals surface area contributed by atoms with Crippen LogP contribution in [0, 0.1) is 11.8 Å². The SMILES string of the molecule is CCOc1nc2ccc(C#CC(C)(C)O)cc2n1-c1ccnc(N)n1. The van der Waals surface area contributed by atoms with Gasteiger partial charge in [0.2, 0.25) is 5.95 Å². The number of aromatic nitrogens is 4. The number of nitrogens with two attached hydrogens (primary N) is 1. The molecule has 0 bridgehead atoms. The van der Waals surface area contributed by atoms with Gasteiger partial charge < -0.3 is 15.6 Å². The van der Waals surface area contributed by atoms with Gasteiger partial charge >= 0.3 is 6.01 Å². The van der Waals surface area contributed by atoms with Crippen LogP contribution in [0.5, 0.6) is 6.01 Å². The van der Waals surface area contributed by atoms with Gasteiger partial charge in [-0.25, -0.2) is 9.55 Å². The number of anilines is 1. The van der Waals surface area contributed by atoms with Gasteiger partial charge in [-0.05, 0) is 39.0 Å². The lowest BCUT2D eigenvalue weighted by atomic mass is 10.1. The van der Waals surface area contributed by atoms with Crippen LogP contribution in [-0.4, -0.2) is 36.8 Å². The third kappa shape index (κ3) is 3.70. The number of hydrogen-bond donors (Lipinski definition) is 2. The smallest absolute Gasteiger partial charge is 0.303 e. The van der Waals surface area contributed by atoms with E-state index < -0.39 is 5.60 Å². The van der Waals surface area contributed by atoms with Crippen LogP contribution in [0.3, 0.4) is 0 Å². The van der Waals surface area contributed by atoms with Gasteiger partial charge in [0.25, 0.3) is 0 Å². The third-order valence-electron chi connectivity index (χ3n) is 3.30. The molecule has 2 heterocycles. The molecule has 2 aromatic heterocycles. The molecule has 0 aliphatic carbocycles. The van der Waals surface area contributed by atoms with Crippen LogP contribution in [-0.2, 0) is 0 Å². The molecule has 7 heteroatoms. The lowest BCUT2D eigenvalue weighted by molar-refractivity contribution is 0.143. The number of rotatable bonds is 3. The van der Waals surface area contributed by atoms with Gasteiger partial charge in [0, 0.05) is 17.8 Å². The topological polar surface area (TPSA) is 99.1 Å². The van der Waals surface area contributed by atoms with Gasteiger partial charge in [-0.1, -0.05) is 11.8 Å². The van der Waals surface area contributed by atoms with Crippen molar-refractivity contribution < 1.29 is 9.84 Å². The lowest BCUT2D eigenvalue weighted by Crippen LogP contribution is -2.14. The minimum absolute atomic E-state index is 0.166. The summed E-state index contributed by atoms with van der Waals surface area (Å²) in [6, 6.07) is 7.73. The molecule has 0 amide bonds. The quantitative estimate of drug-likeness (QED) is 0.709. The predicted molar refractivity (Wildman–Crippen MR) is 95.4 cm³/mol. The van der Waals surface area contributed by atoms with E-state index in [1.807, 2.05) is 25.1 Å². The zero-order valence-electron chi connectivity index (χ0n) is 14.3. The van der Waals surface area contributed by atoms with Crippen molar-refractivity contribution in [1.29, 1.82) is 0 Å². The number of benzene rings is 1. The molecule has 3 rings (SSSR count). The van der Waals surface area contributed by atoms with Crippen molar-refractivity contribution in [1.82, 2.24) is 19.5 Å². The maximum Gasteiger partial charge on any atom is 0.303 e. The van der Waals surface area contributed by atoms with Crippen molar-refractivity contribution in [2.75, 3.05) is 12.3 Å². The highest BCUT2D eigenvalue weighted by Gasteiger charge is 2.15. The van der Waals surface area contributed by atoms with E-state index in [2.05, 4.69) is 26.8 Å². The Hall–Kier alpha value is -3.11. The van der Waals surface area contributed by atoms with Crippen molar-refractivity contribution in [3.8, 4) is 23.7 Å². The fourth-order valence-electron chi connectivity index (χ4n) is 2.29. The van der Waals surface area contributed by atoms with Crippen molar-refractivity contribution in [2.45, 2.75) is 26.4 Å². The highest BCUT2D eigenvalue weighted by molar-refractivity contribution is 5.80. The average molecular weight is 337 g/mol. The van der Waals surface area contributed by atoms with Gasteiger partial charge in [0.1, 0.15) is 11.4 Å². The van der Waals surface area contributed by atoms with Gasteiger partial charge in [-0.2, -0.15) is 9.97 Å². The van der Waals surface area contributed by atoms with Crippen molar-refractivity contribution in [3.63, 3.8) is 0 Å². The van der Waals surface area contributed by atoms with E-state index in [1.165, 1.54) is 0 Å². The van der Waals surface area contributed by atoms with Crippen LogP contribution in [0.15, 0.2) is 30.5 Å². The van der Waals surface area contributed by atoms with Crippen LogP contribution >= 0.6 is 0 Å². The summed E-state index contributed by atoms with van der Waals surface area (Å²) in [5.41, 5.74) is 6.93. The van der Waals surface area contributed by atoms with Gasteiger partial charge in [-0.15, -0.1) is 0 Å². The number of hydrogen-bond acceptors (Lipinski definition) is 6. The second-order valence-electron chi connectivity index (χ2n) is 5.95. The molecule has 128 valence electrons. The second-order valence-corrected chi connectivity index (χ2v) is 5.95. The number of aliphatic hydroxyl groups is 1. The fourth-order valence-corrected chi connectivity index (χ4v) is 2.29. The minimum atomic E-state index is -1.06. The van der Waals surface area contributed by atoms with Gasteiger partial charge in [0.05, 0.1) is 17.6 Å². The summed E-state index contributed by atoms with van der Waals surface area (Å²) in [5, 5.41) is 9.79. The molecule has 0 radical (unpaired) electrons. The standard InChI is InChI=1S/C18H19N5O2/c1-4-25-17-21-13-6-5-12(7-9-18(2,3)24)11-14(13)23(17)15-8-10-20-16(19)22-15/h5-6,8,10-11,24H,4H2,1-3H3,(H2,19,20,22). The average Bonchev–Trinajstić information content (AvgIpc) is 2.90. The molecular formula is C18H19N5O2. The van der Waals surface area contributed by atoms with E-state index in [-0.39, 0.29) is 5.95 Å². The molecule has 25 heavy (non-hydrogen) atoms. The predicted octanol–water partition coefficient (Wildman–Crippen LogP) is 1.92. The molecule has 0 aliphatic rings. The van der Waals surface area contributed by atoms with Crippen LogP contribution in [0.1, 0.15) is 26.3 Å². The summed E-state index contributed by atoms with van der Waals surface area (Å²) < 4.78 is 7.41. The van der Waals surface area contributed by atoms with Crippen molar-refractivity contribution in [2.24, 2.45) is 0 Å². The van der Waals surface area contributed by atoms with E-state index in [4.69, 9.17) is 10.5 Å². The number of fused-ring (bicyclic) bond motifs is 1. The maximum atomic E-state index is 9.79. The molecular weight excluding hydrogens is 318 g/mol. The van der Waals surface area contributed by atoms with Crippen LogP contribution < -0.4 is 10.5 Å². The van der Waals surface area contributed by atoms with Gasteiger partial charge in [-0.3, -0.25) is 0 Å². The van der Waals surface area contributed by atoms with Crippen LogP contribution in [0.25, 0.3) is 16.9 Å².